The molecule has 176 valence electrons. The van der Waals surface area contributed by atoms with Crippen LogP contribution in [0.2, 0.25) is 5.02 Å². The van der Waals surface area contributed by atoms with E-state index in [2.05, 4.69) is 10.6 Å². The molecule has 1 aliphatic rings. The lowest BCUT2D eigenvalue weighted by molar-refractivity contribution is -0.122. The van der Waals surface area contributed by atoms with Crippen molar-refractivity contribution in [2.24, 2.45) is 0 Å². The van der Waals surface area contributed by atoms with E-state index in [1.54, 1.807) is 61.5 Å². The first-order chi connectivity index (χ1) is 16.8. The molecule has 0 unspecified atom stereocenters. The van der Waals surface area contributed by atoms with Crippen molar-refractivity contribution in [2.75, 3.05) is 16.8 Å². The van der Waals surface area contributed by atoms with Crippen LogP contribution in [0.4, 0.5) is 16.2 Å². The Kier molecular flexibility index (Phi) is 6.93. The summed E-state index contributed by atoms with van der Waals surface area (Å²) in [6.07, 6.45) is 1.34. The van der Waals surface area contributed by atoms with Crippen LogP contribution >= 0.6 is 11.6 Å². The van der Waals surface area contributed by atoms with Gasteiger partial charge in [-0.15, -0.1) is 0 Å². The summed E-state index contributed by atoms with van der Waals surface area (Å²) in [5.74, 6) is -1.65. The van der Waals surface area contributed by atoms with Gasteiger partial charge in [0.25, 0.3) is 17.7 Å². The van der Waals surface area contributed by atoms with Crippen molar-refractivity contribution in [3.8, 4) is 5.75 Å². The van der Waals surface area contributed by atoms with Gasteiger partial charge in [0, 0.05) is 5.69 Å². The zero-order valence-electron chi connectivity index (χ0n) is 18.6. The highest BCUT2D eigenvalue weighted by molar-refractivity contribution is 6.39. The second kappa shape index (κ2) is 10.2. The van der Waals surface area contributed by atoms with Gasteiger partial charge in [-0.05, 0) is 54.5 Å². The number of barbiturate groups is 1. The number of benzene rings is 3. The Balaban J connectivity index is 1.50. The number of imide groups is 2. The molecule has 9 heteroatoms. The van der Waals surface area contributed by atoms with Crippen LogP contribution in [0.1, 0.15) is 11.1 Å². The molecular weight excluding hydrogens is 470 g/mol. The molecule has 8 nitrogen and oxygen atoms in total. The maximum absolute atomic E-state index is 13.1. The van der Waals surface area contributed by atoms with Crippen LogP contribution in [0.3, 0.4) is 0 Å². The standard InChI is InChI=1S/C26H20ClN3O5/c1-16-7-5-6-10-21(16)30-25(33)19(24(32)29-26(30)34)13-17-11-12-22(20(27)14-17)35-15-23(31)28-18-8-3-2-4-9-18/h2-14H,15H2,1H3,(H,28,31)(H,29,32,34)/b19-13+. The number of nitrogens with zero attached hydrogens (tertiary/aromatic N) is 1. The molecule has 0 spiro atoms. The number of hydrogen-bond acceptors (Lipinski definition) is 5. The largest absolute Gasteiger partial charge is 0.482 e. The maximum Gasteiger partial charge on any atom is 0.335 e. The maximum atomic E-state index is 13.1. The lowest BCUT2D eigenvalue weighted by Gasteiger charge is -2.27. The van der Waals surface area contributed by atoms with Crippen LogP contribution in [0.25, 0.3) is 6.08 Å². The predicted molar refractivity (Wildman–Crippen MR) is 132 cm³/mol. The summed E-state index contributed by atoms with van der Waals surface area (Å²) < 4.78 is 5.50. The number of para-hydroxylation sites is 2. The molecule has 2 N–H and O–H groups in total. The van der Waals surface area contributed by atoms with Crippen LogP contribution in [0.5, 0.6) is 5.75 Å². The molecule has 1 heterocycles. The molecule has 0 bridgehead atoms. The number of urea groups is 1. The van der Waals surface area contributed by atoms with E-state index in [0.717, 1.165) is 4.90 Å². The molecule has 1 saturated heterocycles. The highest BCUT2D eigenvalue weighted by Crippen LogP contribution is 2.28. The van der Waals surface area contributed by atoms with Crippen molar-refractivity contribution >= 4 is 52.8 Å². The average Bonchev–Trinajstić information content (AvgIpc) is 2.83. The van der Waals surface area contributed by atoms with E-state index in [0.29, 0.717) is 22.5 Å². The van der Waals surface area contributed by atoms with Gasteiger partial charge in [0.05, 0.1) is 10.7 Å². The van der Waals surface area contributed by atoms with Crippen LogP contribution in [-0.2, 0) is 14.4 Å². The number of amides is 5. The van der Waals surface area contributed by atoms with E-state index in [1.807, 2.05) is 6.07 Å². The third-order valence-corrected chi connectivity index (χ3v) is 5.44. The highest BCUT2D eigenvalue weighted by Gasteiger charge is 2.37. The van der Waals surface area contributed by atoms with E-state index >= 15 is 0 Å². The van der Waals surface area contributed by atoms with Gasteiger partial charge in [-0.3, -0.25) is 19.7 Å². The number of rotatable bonds is 6. The highest BCUT2D eigenvalue weighted by atomic mass is 35.5. The summed E-state index contributed by atoms with van der Waals surface area (Å²) in [6.45, 7) is 1.50. The molecule has 0 aromatic heterocycles. The van der Waals surface area contributed by atoms with Gasteiger partial charge in [0.15, 0.2) is 6.61 Å². The van der Waals surface area contributed by atoms with E-state index in [4.69, 9.17) is 16.3 Å². The van der Waals surface area contributed by atoms with Crippen molar-refractivity contribution in [3.05, 3.63) is 94.5 Å². The Morgan fingerprint density at radius 2 is 1.74 bits per heavy atom. The third-order valence-electron chi connectivity index (χ3n) is 5.14. The fourth-order valence-electron chi connectivity index (χ4n) is 3.44. The van der Waals surface area contributed by atoms with Crippen molar-refractivity contribution < 1.29 is 23.9 Å². The van der Waals surface area contributed by atoms with Crippen LogP contribution in [0, 0.1) is 6.92 Å². The number of carbonyl (C=O) groups excluding carboxylic acids is 4. The van der Waals surface area contributed by atoms with Gasteiger partial charge in [-0.25, -0.2) is 9.69 Å². The Labute approximate surface area is 206 Å². The third kappa shape index (κ3) is 5.39. The fraction of sp³-hybridized carbons (Fsp3) is 0.0769. The molecule has 35 heavy (non-hydrogen) atoms. The first-order valence-electron chi connectivity index (χ1n) is 10.6. The van der Waals surface area contributed by atoms with Crippen LogP contribution < -0.4 is 20.3 Å². The van der Waals surface area contributed by atoms with E-state index in [9.17, 15) is 19.2 Å². The Hall–Kier alpha value is -4.43. The minimum absolute atomic E-state index is 0.183. The summed E-state index contributed by atoms with van der Waals surface area (Å²) in [6, 6.07) is 19.6. The predicted octanol–water partition coefficient (Wildman–Crippen LogP) is 4.33. The molecule has 1 fully saturated rings. The SMILES string of the molecule is Cc1ccccc1N1C(=O)NC(=O)/C(=C\c2ccc(OCC(=O)Nc3ccccc3)c(Cl)c2)C1=O. The topological polar surface area (TPSA) is 105 Å². The summed E-state index contributed by atoms with van der Waals surface area (Å²) in [4.78, 5) is 50.9. The Morgan fingerprint density at radius 1 is 1.03 bits per heavy atom. The number of anilines is 2. The minimum atomic E-state index is -0.818. The smallest absolute Gasteiger partial charge is 0.335 e. The second-order valence-electron chi connectivity index (χ2n) is 7.64. The molecule has 0 radical (unpaired) electrons. The zero-order valence-corrected chi connectivity index (χ0v) is 19.3. The first-order valence-corrected chi connectivity index (χ1v) is 11.0. The first kappa shape index (κ1) is 23.7. The molecule has 3 aromatic rings. The van der Waals surface area contributed by atoms with Gasteiger partial charge in [-0.2, -0.15) is 0 Å². The summed E-state index contributed by atoms with van der Waals surface area (Å²) in [5, 5.41) is 5.08. The normalized spacial score (nSPS) is 14.6. The Morgan fingerprint density at radius 3 is 2.46 bits per heavy atom. The summed E-state index contributed by atoms with van der Waals surface area (Å²) in [7, 11) is 0. The number of ether oxygens (including phenoxy) is 1. The molecule has 3 aromatic carbocycles. The van der Waals surface area contributed by atoms with Gasteiger partial charge >= 0.3 is 6.03 Å². The number of halogens is 1. The lowest BCUT2D eigenvalue weighted by Crippen LogP contribution is -2.54. The number of carbonyl (C=O) groups is 4. The summed E-state index contributed by atoms with van der Waals surface area (Å²) in [5.41, 5.74) is 1.94. The molecule has 5 amide bonds. The van der Waals surface area contributed by atoms with Crippen molar-refractivity contribution in [1.82, 2.24) is 5.32 Å². The quantitative estimate of drug-likeness (QED) is 0.396. The monoisotopic (exact) mass is 489 g/mol. The number of aryl methyl sites for hydroxylation is 1. The molecule has 0 atom stereocenters. The van der Waals surface area contributed by atoms with Crippen molar-refractivity contribution in [2.45, 2.75) is 6.92 Å². The summed E-state index contributed by atoms with van der Waals surface area (Å²) >= 11 is 6.30. The molecule has 0 aliphatic carbocycles. The van der Waals surface area contributed by atoms with Crippen LogP contribution in [-0.4, -0.2) is 30.4 Å². The van der Waals surface area contributed by atoms with E-state index in [-0.39, 0.29) is 28.9 Å². The van der Waals surface area contributed by atoms with Crippen LogP contribution in [0.15, 0.2) is 78.4 Å². The number of nitrogens with one attached hydrogen (secondary N) is 2. The lowest BCUT2D eigenvalue weighted by atomic mass is 10.1. The van der Waals surface area contributed by atoms with Gasteiger partial charge in [0.1, 0.15) is 11.3 Å². The van der Waals surface area contributed by atoms with Gasteiger partial charge < -0.3 is 10.1 Å². The zero-order chi connectivity index (χ0) is 24.9. The fourth-order valence-corrected chi connectivity index (χ4v) is 3.69. The minimum Gasteiger partial charge on any atom is -0.482 e. The van der Waals surface area contributed by atoms with Gasteiger partial charge in [0.2, 0.25) is 0 Å². The molecule has 0 saturated carbocycles. The average molecular weight is 490 g/mol. The van der Waals surface area contributed by atoms with Gasteiger partial charge in [-0.1, -0.05) is 54.1 Å². The van der Waals surface area contributed by atoms with E-state index < -0.39 is 17.8 Å². The molecule has 4 rings (SSSR count). The van der Waals surface area contributed by atoms with E-state index in [1.165, 1.54) is 18.2 Å². The molecular formula is C26H20ClN3O5. The number of hydrogen-bond donors (Lipinski definition) is 2. The van der Waals surface area contributed by atoms with Crippen molar-refractivity contribution in [3.63, 3.8) is 0 Å². The van der Waals surface area contributed by atoms with Crippen molar-refractivity contribution in [1.29, 1.82) is 0 Å². The molecule has 1 aliphatic heterocycles. The Bertz CT molecular complexity index is 1350. The second-order valence-corrected chi connectivity index (χ2v) is 8.04.